The molecule has 5 aromatic carbocycles. The minimum atomic E-state index is 0.506. The first-order valence-corrected chi connectivity index (χ1v) is 18.2. The van der Waals surface area contributed by atoms with Crippen molar-refractivity contribution in [2.75, 3.05) is 0 Å². The molecule has 0 radical (unpaired) electrons. The van der Waals surface area contributed by atoms with Crippen LogP contribution in [0.1, 0.15) is 124 Å². The molecule has 0 unspecified atom stereocenters. The molecule has 45 heavy (non-hydrogen) atoms. The molecule has 0 aliphatic heterocycles. The van der Waals surface area contributed by atoms with E-state index in [2.05, 4.69) is 152 Å². The molecule has 0 amide bonds. The second-order valence-electron chi connectivity index (χ2n) is 13.4. The Labute approximate surface area is 287 Å². The van der Waals surface area contributed by atoms with Gasteiger partial charge in [-0.2, -0.15) is 0 Å². The molecule has 1 aliphatic carbocycles. The molecule has 0 fully saturated rings. The molecule has 0 heterocycles. The number of benzene rings is 4. The van der Waals surface area contributed by atoms with Gasteiger partial charge in [-0.05, 0) is 37.0 Å². The first-order valence-electron chi connectivity index (χ1n) is 17.0. The minimum absolute atomic E-state index is 0.506. The fourth-order valence-electron chi connectivity index (χ4n) is 7.25. The van der Waals surface area contributed by atoms with Gasteiger partial charge in [-0.15, -0.1) is 33.7 Å². The van der Waals surface area contributed by atoms with Gasteiger partial charge in [-0.3, -0.25) is 0 Å². The van der Waals surface area contributed by atoms with Gasteiger partial charge < -0.3 is 0 Å². The van der Waals surface area contributed by atoms with Gasteiger partial charge in [-0.1, -0.05) is 119 Å². The van der Waals surface area contributed by atoms with Gasteiger partial charge in [0.2, 0.25) is 0 Å². The normalized spacial score (nSPS) is 12.8. The van der Waals surface area contributed by atoms with E-state index in [0.717, 1.165) is 19.3 Å². The van der Waals surface area contributed by atoms with E-state index < -0.39 is 0 Å². The first kappa shape index (κ1) is 33.3. The van der Waals surface area contributed by atoms with Crippen LogP contribution in [0.5, 0.6) is 0 Å². The third kappa shape index (κ3) is 6.76. The van der Waals surface area contributed by atoms with Gasteiger partial charge in [-0.25, -0.2) is 0 Å². The fraction of sp³-hybridized carbons (Fsp3) is 0.318. The average molecular weight is 669 g/mol. The summed E-state index contributed by atoms with van der Waals surface area (Å²) in [6.07, 6.45) is 10.1. The summed E-state index contributed by atoms with van der Waals surface area (Å²) in [4.78, 5) is 0. The molecule has 6 rings (SSSR count). The average Bonchev–Trinajstić information content (AvgIpc) is 3.72. The van der Waals surface area contributed by atoms with Crippen molar-refractivity contribution in [2.45, 2.75) is 92.4 Å². The van der Waals surface area contributed by atoms with Crippen LogP contribution in [0.25, 0.3) is 27.1 Å². The van der Waals surface area contributed by atoms with Crippen LogP contribution in [0.15, 0.2) is 97.1 Å². The van der Waals surface area contributed by atoms with Gasteiger partial charge in [0.1, 0.15) is 0 Å². The summed E-state index contributed by atoms with van der Waals surface area (Å²) >= 11 is 1.46. The van der Waals surface area contributed by atoms with Gasteiger partial charge in [0.05, 0.1) is 0 Å². The maximum absolute atomic E-state index is 2.53. The van der Waals surface area contributed by atoms with E-state index in [0.29, 0.717) is 17.8 Å². The topological polar surface area (TPSA) is 0 Å². The van der Waals surface area contributed by atoms with E-state index >= 15 is 0 Å². The molecule has 0 saturated heterocycles. The molecule has 0 nitrogen and oxygen atoms in total. The maximum atomic E-state index is 2.53. The molecule has 0 aromatic heterocycles. The van der Waals surface area contributed by atoms with Crippen LogP contribution in [0.3, 0.4) is 0 Å². The van der Waals surface area contributed by atoms with Gasteiger partial charge in [0.15, 0.2) is 0 Å². The van der Waals surface area contributed by atoms with Gasteiger partial charge in [0.25, 0.3) is 0 Å². The second kappa shape index (κ2) is 14.6. The van der Waals surface area contributed by atoms with Crippen LogP contribution in [0.4, 0.5) is 0 Å². The molecular weight excluding hydrogens is 620 g/mol. The summed E-state index contributed by atoms with van der Waals surface area (Å²) in [5.41, 5.74) is 13.5. The van der Waals surface area contributed by atoms with E-state index in [1.807, 2.05) is 0 Å². The Hall–Kier alpha value is -3.02. The zero-order valence-electron chi connectivity index (χ0n) is 28.6. The molecule has 0 atom stereocenters. The van der Waals surface area contributed by atoms with E-state index in [1.165, 1.54) is 77.0 Å². The van der Waals surface area contributed by atoms with Gasteiger partial charge in [0, 0.05) is 0 Å². The van der Waals surface area contributed by atoms with Crippen LogP contribution < -0.4 is 0 Å². The third-order valence-corrected chi connectivity index (χ3v) is 10.7. The van der Waals surface area contributed by atoms with Crippen LogP contribution in [0.2, 0.25) is 0 Å². The Morgan fingerprint density at radius 1 is 0.733 bits per heavy atom. The van der Waals surface area contributed by atoms with Crippen molar-refractivity contribution in [1.29, 1.82) is 0 Å². The fourth-order valence-corrected chi connectivity index (χ4v) is 8.07. The molecular formula is C44H49Zr-. The zero-order valence-corrected chi connectivity index (χ0v) is 31.0. The van der Waals surface area contributed by atoms with Crippen molar-refractivity contribution in [2.24, 2.45) is 0 Å². The van der Waals surface area contributed by atoms with Crippen molar-refractivity contribution >= 4 is 30.3 Å². The first-order chi connectivity index (χ1) is 21.7. The summed E-state index contributed by atoms with van der Waals surface area (Å²) in [5, 5.41) is 5.99. The van der Waals surface area contributed by atoms with Crippen LogP contribution >= 0.6 is 0 Å². The van der Waals surface area contributed by atoms with E-state index in [-0.39, 0.29) is 0 Å². The summed E-state index contributed by atoms with van der Waals surface area (Å²) in [5.74, 6) is 1.54. The SMILES string of the molecule is CCc1cc(C(C)C)c2c(c1)[cH-]c1c(C3=CC=CC3)c(CC)c(C(C)C)c(C(C)C)c12.[Zr]=[C](c1ccccc1)c1ccccc1. The number of rotatable bonds is 8. The number of hydrogen-bond donors (Lipinski definition) is 0. The monoisotopic (exact) mass is 667 g/mol. The van der Waals surface area contributed by atoms with Crippen molar-refractivity contribution in [1.82, 2.24) is 0 Å². The number of aryl methyl sites for hydroxylation is 1. The Morgan fingerprint density at radius 3 is 1.80 bits per heavy atom. The Kier molecular flexibility index (Phi) is 10.8. The van der Waals surface area contributed by atoms with Crippen LogP contribution in [-0.4, -0.2) is 3.21 Å². The Bertz CT molecular complexity index is 1820. The summed E-state index contributed by atoms with van der Waals surface area (Å²) in [6.45, 7) is 18.9. The second-order valence-corrected chi connectivity index (χ2v) is 14.6. The molecule has 0 saturated carbocycles. The van der Waals surface area contributed by atoms with E-state index in [1.54, 1.807) is 22.1 Å². The molecule has 0 bridgehead atoms. The third-order valence-electron chi connectivity index (χ3n) is 9.29. The molecule has 230 valence electrons. The van der Waals surface area contributed by atoms with Gasteiger partial charge >= 0.3 is 99.2 Å². The quantitative estimate of drug-likeness (QED) is 0.144. The summed E-state index contributed by atoms with van der Waals surface area (Å²) in [6, 6.07) is 28.6. The summed E-state index contributed by atoms with van der Waals surface area (Å²) in [7, 11) is 0. The molecule has 1 heteroatoms. The molecule has 1 aliphatic rings. The predicted molar refractivity (Wildman–Crippen MR) is 196 cm³/mol. The Balaban J connectivity index is 0.000000238. The number of hydrogen-bond acceptors (Lipinski definition) is 0. The predicted octanol–water partition coefficient (Wildman–Crippen LogP) is 12.4. The zero-order chi connectivity index (χ0) is 32.2. The van der Waals surface area contributed by atoms with Crippen molar-refractivity contribution in [3.8, 4) is 0 Å². The standard InChI is InChI=1S/C31H39.C13H10.Zr/c1-9-21-15-23-17-26-29(22-13-11-12-14-22)24(10-2)27(19(5)6)28(20(7)8)31(26)30(23)25(16-21)18(3)4;1-3-7-12(8-4-1)11-13-9-5-2-6-10-13;/h11-13,15-20H,9-10,14H2,1-8H3;1-10H;/q-1;;. The van der Waals surface area contributed by atoms with Crippen molar-refractivity contribution in [3.63, 3.8) is 0 Å². The number of allylic oxidation sites excluding steroid dienone is 4. The Morgan fingerprint density at radius 2 is 1.33 bits per heavy atom. The molecule has 0 N–H and O–H groups in total. The van der Waals surface area contributed by atoms with E-state index in [4.69, 9.17) is 0 Å². The number of fused-ring (bicyclic) bond motifs is 3. The summed E-state index contributed by atoms with van der Waals surface area (Å²) < 4.78 is 1.42. The van der Waals surface area contributed by atoms with Crippen molar-refractivity contribution in [3.05, 3.63) is 142 Å². The van der Waals surface area contributed by atoms with Crippen molar-refractivity contribution < 1.29 is 24.2 Å². The molecule has 5 aromatic rings. The van der Waals surface area contributed by atoms with Crippen LogP contribution in [-0.2, 0) is 37.1 Å². The van der Waals surface area contributed by atoms with E-state index in [9.17, 15) is 0 Å². The molecule has 0 spiro atoms. The van der Waals surface area contributed by atoms with Crippen LogP contribution in [0, 0.1) is 0 Å².